The van der Waals surface area contributed by atoms with E-state index in [0.29, 0.717) is 0 Å². The van der Waals surface area contributed by atoms with Gasteiger partial charge in [0, 0.05) is 17.8 Å². The van der Waals surface area contributed by atoms with Crippen molar-refractivity contribution in [3.05, 3.63) is 17.0 Å². The summed E-state index contributed by atoms with van der Waals surface area (Å²) in [6, 6.07) is 0. The van der Waals surface area contributed by atoms with Crippen molar-refractivity contribution in [2.45, 2.75) is 66.0 Å². The highest BCUT2D eigenvalue weighted by Gasteiger charge is 2.17. The van der Waals surface area contributed by atoms with Gasteiger partial charge in [-0.1, -0.05) is 26.7 Å². The fourth-order valence-electron chi connectivity index (χ4n) is 2.13. The van der Waals surface area contributed by atoms with E-state index in [-0.39, 0.29) is 6.10 Å². The zero-order chi connectivity index (χ0) is 12.1. The van der Waals surface area contributed by atoms with Crippen molar-refractivity contribution in [3.8, 4) is 0 Å². The highest BCUT2D eigenvalue weighted by molar-refractivity contribution is 5.26. The van der Waals surface area contributed by atoms with Crippen molar-refractivity contribution in [3.63, 3.8) is 0 Å². The average Bonchev–Trinajstić information content (AvgIpc) is 2.54. The van der Waals surface area contributed by atoms with Crippen LogP contribution in [0.2, 0.25) is 0 Å². The summed E-state index contributed by atoms with van der Waals surface area (Å²) >= 11 is 0. The summed E-state index contributed by atoms with van der Waals surface area (Å²) < 4.78 is 2.04. The maximum Gasteiger partial charge on any atom is 0.0823 e. The number of hydrogen-bond acceptors (Lipinski definition) is 2. The Morgan fingerprint density at radius 3 is 2.50 bits per heavy atom. The summed E-state index contributed by atoms with van der Waals surface area (Å²) in [4.78, 5) is 0. The molecule has 0 spiro atoms. The van der Waals surface area contributed by atoms with E-state index in [9.17, 15) is 5.11 Å². The molecule has 16 heavy (non-hydrogen) atoms. The fraction of sp³-hybridized carbons (Fsp3) is 0.769. The van der Waals surface area contributed by atoms with Gasteiger partial charge in [-0.15, -0.1) is 0 Å². The number of hydrogen-bond donors (Lipinski definition) is 1. The zero-order valence-corrected chi connectivity index (χ0v) is 11.0. The first-order valence-corrected chi connectivity index (χ1v) is 6.33. The minimum Gasteiger partial charge on any atom is -0.388 e. The van der Waals surface area contributed by atoms with Crippen molar-refractivity contribution in [2.24, 2.45) is 0 Å². The third-order valence-corrected chi connectivity index (χ3v) is 3.13. The van der Waals surface area contributed by atoms with Crippen LogP contribution in [-0.4, -0.2) is 14.9 Å². The second kappa shape index (κ2) is 6.04. The van der Waals surface area contributed by atoms with Gasteiger partial charge in [0.05, 0.1) is 11.8 Å². The van der Waals surface area contributed by atoms with Crippen LogP contribution in [0.1, 0.15) is 62.6 Å². The van der Waals surface area contributed by atoms with Gasteiger partial charge in [0.25, 0.3) is 0 Å². The summed E-state index contributed by atoms with van der Waals surface area (Å²) in [6.07, 6.45) is 4.02. The van der Waals surface area contributed by atoms with Gasteiger partial charge in [-0.3, -0.25) is 4.68 Å². The number of aryl methyl sites for hydroxylation is 2. The predicted molar refractivity (Wildman–Crippen MR) is 66.5 cm³/mol. The lowest BCUT2D eigenvalue weighted by molar-refractivity contribution is 0.172. The Bertz CT molecular complexity index is 331. The molecule has 1 atom stereocenters. The lowest BCUT2D eigenvalue weighted by Gasteiger charge is -2.09. The summed E-state index contributed by atoms with van der Waals surface area (Å²) in [7, 11) is 0. The number of aliphatic hydroxyl groups is 1. The zero-order valence-electron chi connectivity index (χ0n) is 11.0. The monoisotopic (exact) mass is 224 g/mol. The van der Waals surface area contributed by atoms with Crippen molar-refractivity contribution >= 4 is 0 Å². The van der Waals surface area contributed by atoms with Crippen LogP contribution in [0.25, 0.3) is 0 Å². The Hall–Kier alpha value is -0.830. The Labute approximate surface area is 98.5 Å². The molecule has 1 rings (SSSR count). The van der Waals surface area contributed by atoms with Crippen LogP contribution in [-0.2, 0) is 6.54 Å². The van der Waals surface area contributed by atoms with Crippen molar-refractivity contribution < 1.29 is 5.11 Å². The first-order chi connectivity index (χ1) is 7.61. The van der Waals surface area contributed by atoms with Gasteiger partial charge in [0.15, 0.2) is 0 Å². The van der Waals surface area contributed by atoms with E-state index in [4.69, 9.17) is 0 Å². The Balaban J connectivity index is 2.80. The Morgan fingerprint density at radius 2 is 1.94 bits per heavy atom. The SMILES string of the molecule is CCCCCn1nc(C)c(C(O)CC)c1C. The highest BCUT2D eigenvalue weighted by Crippen LogP contribution is 2.24. The molecule has 0 fully saturated rings. The van der Waals surface area contributed by atoms with Gasteiger partial charge in [-0.2, -0.15) is 5.10 Å². The first kappa shape index (κ1) is 13.2. The van der Waals surface area contributed by atoms with E-state index in [1.165, 1.54) is 19.3 Å². The van der Waals surface area contributed by atoms with Crippen LogP contribution in [0.3, 0.4) is 0 Å². The van der Waals surface area contributed by atoms with E-state index < -0.39 is 0 Å². The normalized spacial score (nSPS) is 13.1. The second-order valence-electron chi connectivity index (χ2n) is 4.44. The number of aliphatic hydroxyl groups excluding tert-OH is 1. The average molecular weight is 224 g/mol. The van der Waals surface area contributed by atoms with E-state index in [1.54, 1.807) is 0 Å². The molecule has 0 aliphatic carbocycles. The molecular formula is C13H24N2O. The largest absolute Gasteiger partial charge is 0.388 e. The van der Waals surface area contributed by atoms with Crippen molar-refractivity contribution in [1.82, 2.24) is 9.78 Å². The number of rotatable bonds is 6. The topological polar surface area (TPSA) is 38.0 Å². The third-order valence-electron chi connectivity index (χ3n) is 3.13. The van der Waals surface area contributed by atoms with Crippen molar-refractivity contribution in [1.29, 1.82) is 0 Å². The first-order valence-electron chi connectivity index (χ1n) is 6.33. The molecule has 92 valence electrons. The maximum absolute atomic E-state index is 9.92. The molecule has 0 aromatic carbocycles. The lowest BCUT2D eigenvalue weighted by atomic mass is 10.1. The van der Waals surface area contributed by atoms with Gasteiger partial charge in [0.2, 0.25) is 0 Å². The molecular weight excluding hydrogens is 200 g/mol. The quantitative estimate of drug-likeness (QED) is 0.754. The molecule has 0 aliphatic rings. The maximum atomic E-state index is 9.92. The molecule has 1 heterocycles. The van der Waals surface area contributed by atoms with Crippen LogP contribution in [0.4, 0.5) is 0 Å². The molecule has 1 aromatic heterocycles. The molecule has 0 radical (unpaired) electrons. The molecule has 1 N–H and O–H groups in total. The molecule has 1 unspecified atom stereocenters. The van der Waals surface area contributed by atoms with Crippen LogP contribution in [0, 0.1) is 13.8 Å². The molecule has 0 bridgehead atoms. The van der Waals surface area contributed by atoms with E-state index in [2.05, 4.69) is 18.9 Å². The minimum atomic E-state index is -0.361. The summed E-state index contributed by atoms with van der Waals surface area (Å²) in [5.74, 6) is 0. The molecule has 1 aromatic rings. The highest BCUT2D eigenvalue weighted by atomic mass is 16.3. The number of nitrogens with zero attached hydrogens (tertiary/aromatic N) is 2. The summed E-state index contributed by atoms with van der Waals surface area (Å²) in [6.45, 7) is 9.21. The number of unbranched alkanes of at least 4 members (excludes halogenated alkanes) is 2. The van der Waals surface area contributed by atoms with E-state index in [1.807, 2.05) is 18.5 Å². The van der Waals surface area contributed by atoms with Gasteiger partial charge in [0.1, 0.15) is 0 Å². The molecule has 3 nitrogen and oxygen atoms in total. The molecule has 0 aliphatic heterocycles. The van der Waals surface area contributed by atoms with Crippen molar-refractivity contribution in [2.75, 3.05) is 0 Å². The van der Waals surface area contributed by atoms with Crippen LogP contribution in [0.15, 0.2) is 0 Å². The van der Waals surface area contributed by atoms with Gasteiger partial charge in [-0.25, -0.2) is 0 Å². The molecule has 0 saturated carbocycles. The second-order valence-corrected chi connectivity index (χ2v) is 4.44. The molecule has 0 saturated heterocycles. The summed E-state index contributed by atoms with van der Waals surface area (Å²) in [5, 5.41) is 14.4. The minimum absolute atomic E-state index is 0.361. The number of aromatic nitrogens is 2. The Kier molecular flexibility index (Phi) is 5.00. The van der Waals surface area contributed by atoms with Gasteiger partial charge < -0.3 is 5.11 Å². The van der Waals surface area contributed by atoms with Crippen LogP contribution >= 0.6 is 0 Å². The van der Waals surface area contributed by atoms with Gasteiger partial charge >= 0.3 is 0 Å². The molecule has 0 amide bonds. The summed E-state index contributed by atoms with van der Waals surface area (Å²) in [5.41, 5.74) is 3.13. The predicted octanol–water partition coefficient (Wildman–Crippen LogP) is 3.13. The fourth-order valence-corrected chi connectivity index (χ4v) is 2.13. The standard InChI is InChI=1S/C13H24N2O/c1-5-7-8-9-15-11(4)13(10(3)14-15)12(16)6-2/h12,16H,5-9H2,1-4H3. The van der Waals surface area contributed by atoms with Gasteiger partial charge in [-0.05, 0) is 26.7 Å². The third kappa shape index (κ3) is 2.85. The molecule has 3 heteroatoms. The lowest BCUT2D eigenvalue weighted by Crippen LogP contribution is -2.04. The Morgan fingerprint density at radius 1 is 1.25 bits per heavy atom. The van der Waals surface area contributed by atoms with E-state index in [0.717, 1.165) is 29.9 Å². The van der Waals surface area contributed by atoms with Crippen LogP contribution in [0.5, 0.6) is 0 Å². The van der Waals surface area contributed by atoms with E-state index >= 15 is 0 Å². The van der Waals surface area contributed by atoms with Crippen LogP contribution < -0.4 is 0 Å². The smallest absolute Gasteiger partial charge is 0.0823 e.